The van der Waals surface area contributed by atoms with Crippen LogP contribution in [0.2, 0.25) is 0 Å². The van der Waals surface area contributed by atoms with Gasteiger partial charge in [-0.25, -0.2) is 4.39 Å². The summed E-state index contributed by atoms with van der Waals surface area (Å²) in [5.41, 5.74) is 0.433. The lowest BCUT2D eigenvalue weighted by molar-refractivity contribution is -0.113. The monoisotopic (exact) mass is 186 g/mol. The van der Waals surface area contributed by atoms with Crippen LogP contribution in [0.1, 0.15) is 34.6 Å². The number of alkyl halides is 1. The zero-order valence-electron chi connectivity index (χ0n) is 9.10. The van der Waals surface area contributed by atoms with E-state index in [9.17, 15) is 9.18 Å². The molecule has 0 saturated heterocycles. The molecule has 0 aromatic carbocycles. The van der Waals surface area contributed by atoms with Crippen LogP contribution in [0.3, 0.4) is 0 Å². The number of allylic oxidation sites excluding steroid dienone is 4. The topological polar surface area (TPSA) is 17.1 Å². The summed E-state index contributed by atoms with van der Waals surface area (Å²) in [6.45, 7) is 8.61. The summed E-state index contributed by atoms with van der Waals surface area (Å²) < 4.78 is 12.4. The molecule has 0 aliphatic carbocycles. The van der Waals surface area contributed by atoms with Crippen molar-refractivity contribution in [3.05, 3.63) is 23.8 Å². The van der Waals surface area contributed by atoms with E-state index in [-0.39, 0.29) is 5.78 Å². The molecule has 1 nitrogen and oxygen atoms in total. The van der Waals surface area contributed by atoms with E-state index in [1.807, 2.05) is 13.8 Å². The van der Waals surface area contributed by atoms with E-state index in [2.05, 4.69) is 0 Å². The van der Waals surface area contributed by atoms with E-state index in [4.69, 9.17) is 0 Å². The van der Waals surface area contributed by atoms with Crippen LogP contribution in [0.4, 0.5) is 4.39 Å². The van der Waals surface area contributed by atoms with E-state index in [0.29, 0.717) is 5.57 Å². The molecule has 13 heavy (non-hydrogen) atoms. The lowest BCUT2D eigenvalue weighted by Gasteiger charge is -1.96. The van der Waals surface area contributed by atoms with Gasteiger partial charge in [0.2, 0.25) is 0 Å². The highest BCUT2D eigenvalue weighted by molar-refractivity contribution is 5.96. The summed E-state index contributed by atoms with van der Waals surface area (Å²) >= 11 is 0. The Morgan fingerprint density at radius 1 is 1.38 bits per heavy atom. The fraction of sp³-hybridized carbons (Fsp3) is 0.545. The van der Waals surface area contributed by atoms with Gasteiger partial charge >= 0.3 is 0 Å². The Bertz CT molecular complexity index is 190. The van der Waals surface area contributed by atoms with Gasteiger partial charge in [0.05, 0.1) is 0 Å². The molecular formula is C11H19FO. The molecule has 0 fully saturated rings. The molecular weight excluding hydrogens is 167 g/mol. The van der Waals surface area contributed by atoms with Crippen molar-refractivity contribution in [3.63, 3.8) is 0 Å². The van der Waals surface area contributed by atoms with E-state index < -0.39 is 6.17 Å². The average molecular weight is 186 g/mol. The molecule has 0 bridgehead atoms. The maximum absolute atomic E-state index is 12.4. The van der Waals surface area contributed by atoms with E-state index in [1.54, 1.807) is 19.1 Å². The molecule has 0 spiro atoms. The molecule has 1 unspecified atom stereocenters. The van der Waals surface area contributed by atoms with Gasteiger partial charge in [0.15, 0.2) is 5.78 Å². The number of Topliss-reactive ketones (excluding diaryl/α,β-unsaturated/α-hetero) is 1. The zero-order valence-corrected chi connectivity index (χ0v) is 9.10. The van der Waals surface area contributed by atoms with Crippen LogP contribution in [0.5, 0.6) is 0 Å². The normalized spacial score (nSPS) is 13.5. The van der Waals surface area contributed by atoms with E-state index in [0.717, 1.165) is 0 Å². The van der Waals surface area contributed by atoms with Gasteiger partial charge in [0.25, 0.3) is 0 Å². The van der Waals surface area contributed by atoms with Crippen molar-refractivity contribution >= 4 is 5.78 Å². The van der Waals surface area contributed by atoms with Crippen LogP contribution in [-0.2, 0) is 4.79 Å². The van der Waals surface area contributed by atoms with E-state index in [1.165, 1.54) is 19.9 Å². The second-order valence-corrected chi connectivity index (χ2v) is 2.36. The number of ketones is 1. The minimum absolute atomic E-state index is 0.104. The third-order valence-electron chi connectivity index (χ3n) is 1.16. The summed E-state index contributed by atoms with van der Waals surface area (Å²) in [4.78, 5) is 10.8. The molecule has 0 N–H and O–H groups in total. The quantitative estimate of drug-likeness (QED) is 0.487. The van der Waals surface area contributed by atoms with Crippen molar-refractivity contribution in [1.82, 2.24) is 0 Å². The SMILES string of the molecule is C/C=C\C(=C/C(C)F)C(C)=O.CC. The fourth-order valence-corrected chi connectivity index (χ4v) is 0.717. The Labute approximate surface area is 80.3 Å². The maximum atomic E-state index is 12.4. The van der Waals surface area contributed by atoms with Crippen molar-refractivity contribution in [2.45, 2.75) is 40.8 Å². The number of hydrogen-bond donors (Lipinski definition) is 0. The van der Waals surface area contributed by atoms with Gasteiger partial charge in [0.1, 0.15) is 6.17 Å². The molecule has 0 amide bonds. The Balaban J connectivity index is 0. The highest BCUT2D eigenvalue weighted by atomic mass is 19.1. The van der Waals surface area contributed by atoms with Gasteiger partial charge in [-0.05, 0) is 26.8 Å². The lowest BCUT2D eigenvalue weighted by atomic mass is 10.1. The first-order valence-electron chi connectivity index (χ1n) is 4.57. The average Bonchev–Trinajstić information content (AvgIpc) is 2.06. The van der Waals surface area contributed by atoms with Gasteiger partial charge < -0.3 is 0 Å². The second kappa shape index (κ2) is 9.17. The van der Waals surface area contributed by atoms with Crippen molar-refractivity contribution in [2.75, 3.05) is 0 Å². The van der Waals surface area contributed by atoms with Gasteiger partial charge in [-0.2, -0.15) is 0 Å². The van der Waals surface area contributed by atoms with Crippen molar-refractivity contribution in [3.8, 4) is 0 Å². The van der Waals surface area contributed by atoms with Crippen LogP contribution >= 0.6 is 0 Å². The molecule has 0 aromatic heterocycles. The number of carbonyl (C=O) groups is 1. The number of halogens is 1. The lowest BCUT2D eigenvalue weighted by Crippen LogP contribution is -1.97. The summed E-state index contributed by atoms with van der Waals surface area (Å²) in [6, 6.07) is 0. The van der Waals surface area contributed by atoms with Crippen LogP contribution in [0, 0.1) is 0 Å². The third kappa shape index (κ3) is 8.99. The van der Waals surface area contributed by atoms with Gasteiger partial charge in [-0.1, -0.05) is 26.0 Å². The highest BCUT2D eigenvalue weighted by Gasteiger charge is 2.00. The number of carbonyl (C=O) groups excluding carboxylic acids is 1. The molecule has 0 aliphatic heterocycles. The molecule has 1 atom stereocenters. The van der Waals surface area contributed by atoms with Crippen LogP contribution in [-0.4, -0.2) is 12.0 Å². The predicted octanol–water partition coefficient (Wildman–Crippen LogP) is 3.46. The minimum Gasteiger partial charge on any atom is -0.295 e. The van der Waals surface area contributed by atoms with Crippen molar-refractivity contribution in [1.29, 1.82) is 0 Å². The Morgan fingerprint density at radius 3 is 2.08 bits per heavy atom. The molecule has 0 rings (SSSR count). The van der Waals surface area contributed by atoms with Crippen LogP contribution < -0.4 is 0 Å². The Hall–Kier alpha value is -0.920. The zero-order chi connectivity index (χ0) is 10.9. The largest absolute Gasteiger partial charge is 0.295 e. The van der Waals surface area contributed by atoms with Crippen LogP contribution in [0.25, 0.3) is 0 Å². The Morgan fingerprint density at radius 2 is 1.85 bits per heavy atom. The van der Waals surface area contributed by atoms with Gasteiger partial charge in [0, 0.05) is 5.57 Å². The molecule has 0 radical (unpaired) electrons. The van der Waals surface area contributed by atoms with Gasteiger partial charge in [-0.3, -0.25) is 4.79 Å². The Kier molecular flexibility index (Phi) is 10.3. The fourth-order valence-electron chi connectivity index (χ4n) is 0.717. The molecule has 0 aliphatic rings. The first-order chi connectivity index (χ1) is 6.07. The maximum Gasteiger partial charge on any atom is 0.159 e. The smallest absolute Gasteiger partial charge is 0.159 e. The predicted molar refractivity (Wildman–Crippen MR) is 55.5 cm³/mol. The summed E-state index contributed by atoms with van der Waals surface area (Å²) in [6.07, 6.45) is 3.57. The third-order valence-corrected chi connectivity index (χ3v) is 1.16. The molecule has 0 aromatic rings. The number of hydrogen-bond acceptors (Lipinski definition) is 1. The van der Waals surface area contributed by atoms with Crippen molar-refractivity contribution < 1.29 is 9.18 Å². The molecule has 0 saturated carbocycles. The standard InChI is InChI=1S/C9H13FO.C2H6/c1-4-5-9(8(3)11)6-7(2)10;1-2/h4-7H,1-3H3;1-2H3/b5-4-,9-6+;. The van der Waals surface area contributed by atoms with Gasteiger partial charge in [-0.15, -0.1) is 0 Å². The summed E-state index contributed by atoms with van der Waals surface area (Å²) in [7, 11) is 0. The first-order valence-corrected chi connectivity index (χ1v) is 4.57. The van der Waals surface area contributed by atoms with Crippen molar-refractivity contribution in [2.24, 2.45) is 0 Å². The van der Waals surface area contributed by atoms with E-state index >= 15 is 0 Å². The summed E-state index contributed by atoms with van der Waals surface area (Å²) in [5.74, 6) is -0.104. The number of rotatable bonds is 3. The van der Waals surface area contributed by atoms with Crippen LogP contribution in [0.15, 0.2) is 23.8 Å². The first kappa shape index (κ1) is 14.6. The molecule has 76 valence electrons. The highest BCUT2D eigenvalue weighted by Crippen LogP contribution is 2.03. The minimum atomic E-state index is -1.06. The second-order valence-electron chi connectivity index (χ2n) is 2.36. The summed E-state index contributed by atoms with van der Waals surface area (Å²) in [5, 5.41) is 0. The molecule has 0 heterocycles. The molecule has 2 heteroatoms.